The maximum atomic E-state index is 12.2. The predicted octanol–water partition coefficient (Wildman–Crippen LogP) is 4.72. The third-order valence-electron chi connectivity index (χ3n) is 4.88. The summed E-state index contributed by atoms with van der Waals surface area (Å²) >= 11 is 0. The molecule has 3 rings (SSSR count). The van der Waals surface area contributed by atoms with Gasteiger partial charge < -0.3 is 14.4 Å². The molecule has 0 unspecified atom stereocenters. The molecule has 0 atom stereocenters. The summed E-state index contributed by atoms with van der Waals surface area (Å²) in [5, 5.41) is 11.4. The van der Waals surface area contributed by atoms with Gasteiger partial charge >= 0.3 is 11.8 Å². The maximum absolute atomic E-state index is 12.2. The number of nitro benzene ring substituents is 1. The van der Waals surface area contributed by atoms with Crippen LogP contribution in [0.15, 0.2) is 18.2 Å². The van der Waals surface area contributed by atoms with Crippen LogP contribution in [0, 0.1) is 23.0 Å². The summed E-state index contributed by atoms with van der Waals surface area (Å²) in [6, 6.07) is 3.36. The first-order valence-electron chi connectivity index (χ1n) is 9.73. The van der Waals surface area contributed by atoms with Crippen LogP contribution in [0.4, 0.5) is 10.5 Å². The quantitative estimate of drug-likeness (QED) is 0.539. The van der Waals surface area contributed by atoms with Crippen LogP contribution >= 0.6 is 0 Å². The Labute approximate surface area is 165 Å². The molecule has 1 amide bonds. The first-order valence-corrected chi connectivity index (χ1v) is 9.73. The van der Waals surface area contributed by atoms with Crippen LogP contribution in [0.25, 0.3) is 5.57 Å². The van der Waals surface area contributed by atoms with E-state index in [1.165, 1.54) is 0 Å². The van der Waals surface area contributed by atoms with Gasteiger partial charge in [-0.05, 0) is 75.6 Å². The van der Waals surface area contributed by atoms with E-state index in [4.69, 9.17) is 9.47 Å². The number of amides is 1. The van der Waals surface area contributed by atoms with Crippen molar-refractivity contribution in [3.05, 3.63) is 39.4 Å². The molecule has 0 saturated heterocycles. The molecular weight excluding hydrogens is 360 g/mol. The SMILES string of the molecule is Cc1cc([N+](=O)[O-])c(OCC2CC2)cc1C1=CCN(C(=O)OC(C)(C)C)CC1. The van der Waals surface area contributed by atoms with E-state index in [0.29, 0.717) is 37.8 Å². The van der Waals surface area contributed by atoms with Crippen molar-refractivity contribution in [2.75, 3.05) is 19.7 Å². The van der Waals surface area contributed by atoms with Crippen molar-refractivity contribution in [3.8, 4) is 5.75 Å². The number of rotatable bonds is 5. The Kier molecular flexibility index (Phi) is 5.63. The molecule has 28 heavy (non-hydrogen) atoms. The molecule has 0 aromatic heterocycles. The van der Waals surface area contributed by atoms with Crippen LogP contribution in [0.5, 0.6) is 5.75 Å². The van der Waals surface area contributed by atoms with Crippen molar-refractivity contribution in [1.29, 1.82) is 0 Å². The fourth-order valence-electron chi connectivity index (χ4n) is 3.18. The Hall–Kier alpha value is -2.57. The van der Waals surface area contributed by atoms with Gasteiger partial charge in [-0.15, -0.1) is 0 Å². The monoisotopic (exact) mass is 388 g/mol. The molecule has 1 aliphatic carbocycles. The van der Waals surface area contributed by atoms with Crippen molar-refractivity contribution in [3.63, 3.8) is 0 Å². The van der Waals surface area contributed by atoms with E-state index < -0.39 is 10.5 Å². The van der Waals surface area contributed by atoms with E-state index in [2.05, 4.69) is 0 Å². The number of ether oxygens (including phenoxy) is 2. The molecule has 1 saturated carbocycles. The second kappa shape index (κ2) is 7.81. The first-order chi connectivity index (χ1) is 13.1. The molecule has 0 bridgehead atoms. The maximum Gasteiger partial charge on any atom is 0.410 e. The predicted molar refractivity (Wildman–Crippen MR) is 106 cm³/mol. The van der Waals surface area contributed by atoms with Crippen LogP contribution in [0.2, 0.25) is 0 Å². The van der Waals surface area contributed by atoms with E-state index in [-0.39, 0.29) is 11.8 Å². The highest BCUT2D eigenvalue weighted by molar-refractivity contribution is 5.75. The number of carbonyl (C=O) groups is 1. The van der Waals surface area contributed by atoms with Gasteiger partial charge in [-0.25, -0.2) is 4.79 Å². The Morgan fingerprint density at radius 1 is 1.32 bits per heavy atom. The lowest BCUT2D eigenvalue weighted by atomic mass is 9.95. The van der Waals surface area contributed by atoms with Gasteiger partial charge in [0.05, 0.1) is 11.5 Å². The average molecular weight is 388 g/mol. The number of aryl methyl sites for hydroxylation is 1. The summed E-state index contributed by atoms with van der Waals surface area (Å²) in [5.41, 5.74) is 2.34. The minimum atomic E-state index is -0.524. The van der Waals surface area contributed by atoms with Crippen LogP contribution in [-0.4, -0.2) is 41.2 Å². The lowest BCUT2D eigenvalue weighted by Gasteiger charge is -2.30. The highest BCUT2D eigenvalue weighted by Crippen LogP contribution is 2.37. The van der Waals surface area contributed by atoms with Gasteiger partial charge in [0.2, 0.25) is 0 Å². The minimum Gasteiger partial charge on any atom is -0.487 e. The number of hydrogen-bond donors (Lipinski definition) is 0. The zero-order valence-electron chi connectivity index (χ0n) is 17.0. The van der Waals surface area contributed by atoms with E-state index in [1.54, 1.807) is 17.0 Å². The molecule has 0 spiro atoms. The van der Waals surface area contributed by atoms with E-state index in [1.807, 2.05) is 33.8 Å². The zero-order valence-corrected chi connectivity index (χ0v) is 17.0. The molecule has 7 heteroatoms. The molecule has 0 radical (unpaired) electrons. The standard InChI is InChI=1S/C21H28N2O5/c1-14-11-18(23(25)26)19(27-13-15-5-6-15)12-17(14)16-7-9-22(10-8-16)20(24)28-21(2,3)4/h7,11-12,15H,5-6,8-10,13H2,1-4H3. The third kappa shape index (κ3) is 5.03. The van der Waals surface area contributed by atoms with Gasteiger partial charge in [0.1, 0.15) is 5.60 Å². The third-order valence-corrected chi connectivity index (χ3v) is 4.88. The van der Waals surface area contributed by atoms with Crippen LogP contribution in [-0.2, 0) is 4.74 Å². The van der Waals surface area contributed by atoms with E-state index in [0.717, 1.165) is 29.5 Å². The summed E-state index contributed by atoms with van der Waals surface area (Å²) in [6.07, 6.45) is 4.58. The summed E-state index contributed by atoms with van der Waals surface area (Å²) in [7, 11) is 0. The van der Waals surface area contributed by atoms with Crippen molar-refractivity contribution in [2.45, 2.75) is 52.6 Å². The average Bonchev–Trinajstić information content (AvgIpc) is 3.43. The van der Waals surface area contributed by atoms with Gasteiger partial charge in [-0.3, -0.25) is 10.1 Å². The largest absolute Gasteiger partial charge is 0.487 e. The fourth-order valence-corrected chi connectivity index (χ4v) is 3.18. The van der Waals surface area contributed by atoms with Gasteiger partial charge in [0.15, 0.2) is 5.75 Å². The Bertz CT molecular complexity index is 806. The zero-order chi connectivity index (χ0) is 20.5. The molecular formula is C21H28N2O5. The summed E-state index contributed by atoms with van der Waals surface area (Å²) in [5.74, 6) is 0.841. The summed E-state index contributed by atoms with van der Waals surface area (Å²) in [6.45, 7) is 8.94. The van der Waals surface area contributed by atoms with Gasteiger partial charge in [-0.1, -0.05) is 6.08 Å². The Balaban J connectivity index is 1.78. The van der Waals surface area contributed by atoms with Gasteiger partial charge in [0.25, 0.3) is 0 Å². The smallest absolute Gasteiger partial charge is 0.410 e. The van der Waals surface area contributed by atoms with Crippen molar-refractivity contribution >= 4 is 17.4 Å². The van der Waals surface area contributed by atoms with Gasteiger partial charge in [-0.2, -0.15) is 0 Å². The molecule has 1 aliphatic heterocycles. The summed E-state index contributed by atoms with van der Waals surface area (Å²) < 4.78 is 11.2. The Morgan fingerprint density at radius 2 is 2.04 bits per heavy atom. The number of hydrogen-bond acceptors (Lipinski definition) is 5. The molecule has 2 aliphatic rings. The van der Waals surface area contributed by atoms with Crippen LogP contribution in [0.3, 0.4) is 0 Å². The van der Waals surface area contributed by atoms with Crippen LogP contribution < -0.4 is 4.74 Å². The second-order valence-electron chi connectivity index (χ2n) is 8.55. The second-order valence-corrected chi connectivity index (χ2v) is 8.55. The number of nitro groups is 1. The van der Waals surface area contributed by atoms with E-state index in [9.17, 15) is 14.9 Å². The highest BCUT2D eigenvalue weighted by Gasteiger charge is 2.27. The molecule has 1 aromatic rings. The lowest BCUT2D eigenvalue weighted by molar-refractivity contribution is -0.385. The molecule has 7 nitrogen and oxygen atoms in total. The number of carbonyl (C=O) groups excluding carboxylic acids is 1. The van der Waals surface area contributed by atoms with Crippen molar-refractivity contribution < 1.29 is 19.2 Å². The normalized spacial score (nSPS) is 17.1. The first kappa shape index (κ1) is 20.2. The topological polar surface area (TPSA) is 81.9 Å². The van der Waals surface area contributed by atoms with E-state index >= 15 is 0 Å². The van der Waals surface area contributed by atoms with Crippen LogP contribution in [0.1, 0.15) is 51.2 Å². The van der Waals surface area contributed by atoms with Gasteiger partial charge in [0, 0.05) is 19.2 Å². The molecule has 1 heterocycles. The van der Waals surface area contributed by atoms with Crippen molar-refractivity contribution in [2.24, 2.45) is 5.92 Å². The lowest BCUT2D eigenvalue weighted by Crippen LogP contribution is -2.39. The molecule has 152 valence electrons. The molecule has 0 N–H and O–H groups in total. The molecule has 1 fully saturated rings. The summed E-state index contributed by atoms with van der Waals surface area (Å²) in [4.78, 5) is 24.9. The Morgan fingerprint density at radius 3 is 2.57 bits per heavy atom. The van der Waals surface area contributed by atoms with Crippen molar-refractivity contribution in [1.82, 2.24) is 4.90 Å². The number of nitrogens with zero attached hydrogens (tertiary/aromatic N) is 2. The highest BCUT2D eigenvalue weighted by atomic mass is 16.6. The minimum absolute atomic E-state index is 0.00805. The number of benzene rings is 1. The fraction of sp³-hybridized carbons (Fsp3) is 0.571. The molecule has 1 aromatic carbocycles.